The molecule has 0 aliphatic rings. The van der Waals surface area contributed by atoms with Crippen molar-refractivity contribution in [2.24, 2.45) is 0 Å². The van der Waals surface area contributed by atoms with Gasteiger partial charge in [-0.1, -0.05) is 5.16 Å². The van der Waals surface area contributed by atoms with Gasteiger partial charge in [-0.3, -0.25) is 4.79 Å². The van der Waals surface area contributed by atoms with E-state index in [-0.39, 0.29) is 5.91 Å². The first kappa shape index (κ1) is 11.6. The van der Waals surface area contributed by atoms with Gasteiger partial charge in [-0.25, -0.2) is 0 Å². The van der Waals surface area contributed by atoms with Crippen LogP contribution in [0, 0.1) is 0 Å². The summed E-state index contributed by atoms with van der Waals surface area (Å²) < 4.78 is 4.82. The van der Waals surface area contributed by atoms with E-state index in [9.17, 15) is 4.79 Å². The van der Waals surface area contributed by atoms with Crippen LogP contribution in [-0.4, -0.2) is 48.1 Å². The van der Waals surface area contributed by atoms with E-state index >= 15 is 0 Å². The summed E-state index contributed by atoms with van der Waals surface area (Å²) in [5, 5.41) is 6.63. The highest BCUT2D eigenvalue weighted by molar-refractivity contribution is 5.75. The molecular weight excluding hydrogens is 196 g/mol. The fourth-order valence-corrected chi connectivity index (χ4v) is 1.05. The summed E-state index contributed by atoms with van der Waals surface area (Å²) in [6.45, 7) is 1.41. The third kappa shape index (κ3) is 4.55. The highest BCUT2D eigenvalue weighted by Crippen LogP contribution is 1.91. The second-order valence-electron chi connectivity index (χ2n) is 3.37. The molecule has 1 aromatic rings. The molecule has 0 saturated carbocycles. The largest absolute Gasteiger partial charge is 0.349 e. The summed E-state index contributed by atoms with van der Waals surface area (Å²) >= 11 is 0. The second kappa shape index (κ2) is 6.13. The second-order valence-corrected chi connectivity index (χ2v) is 3.37. The Labute approximate surface area is 88.6 Å². The molecule has 0 aromatic carbocycles. The molecule has 1 amide bonds. The summed E-state index contributed by atoms with van der Waals surface area (Å²) in [7, 11) is 3.50. The van der Waals surface area contributed by atoms with Crippen LogP contribution >= 0.6 is 0 Å². The lowest BCUT2D eigenvalue weighted by Crippen LogP contribution is -2.27. The van der Waals surface area contributed by atoms with Gasteiger partial charge in [-0.2, -0.15) is 4.98 Å². The van der Waals surface area contributed by atoms with Crippen LogP contribution in [0.2, 0.25) is 0 Å². The number of hydrogen-bond donors (Lipinski definition) is 1. The van der Waals surface area contributed by atoms with Crippen LogP contribution in [0.25, 0.3) is 0 Å². The van der Waals surface area contributed by atoms with Crippen LogP contribution in [0.3, 0.4) is 0 Å². The van der Waals surface area contributed by atoms with Crippen molar-refractivity contribution in [2.45, 2.75) is 12.8 Å². The Hall–Kier alpha value is -1.43. The van der Waals surface area contributed by atoms with E-state index < -0.39 is 0 Å². The minimum atomic E-state index is 0.125. The molecule has 0 aliphatic carbocycles. The quantitative estimate of drug-likeness (QED) is 0.654. The molecular formula is C9H16N4O2. The molecule has 0 saturated heterocycles. The highest BCUT2D eigenvalue weighted by Gasteiger charge is 2.03. The third-order valence-corrected chi connectivity index (χ3v) is 1.94. The van der Waals surface area contributed by atoms with E-state index in [4.69, 9.17) is 4.52 Å². The Kier molecular flexibility index (Phi) is 4.76. The highest BCUT2D eigenvalue weighted by atomic mass is 16.5. The van der Waals surface area contributed by atoms with Crippen molar-refractivity contribution in [1.29, 1.82) is 0 Å². The maximum atomic E-state index is 11.2. The van der Waals surface area contributed by atoms with Gasteiger partial charge in [-0.05, 0) is 0 Å². The molecule has 0 spiro atoms. The number of amides is 1. The minimum absolute atomic E-state index is 0.125. The zero-order valence-corrected chi connectivity index (χ0v) is 9.06. The number of nitrogens with zero attached hydrogens (tertiary/aromatic N) is 3. The number of hydrogen-bond acceptors (Lipinski definition) is 5. The number of nitrogens with one attached hydrogen (secondary N) is 1. The average Bonchev–Trinajstić information content (AvgIpc) is 2.69. The molecule has 6 nitrogen and oxygen atoms in total. The standard InChI is InChI=1S/C9H16N4O2/c1-13(2)9(14)4-6-10-5-3-8-11-7-12-15-8/h7,10H,3-6H2,1-2H3. The van der Waals surface area contributed by atoms with Crippen LogP contribution in [-0.2, 0) is 11.2 Å². The molecule has 0 unspecified atom stereocenters. The van der Waals surface area contributed by atoms with Crippen molar-refractivity contribution < 1.29 is 9.32 Å². The van der Waals surface area contributed by atoms with Gasteiger partial charge in [0.25, 0.3) is 0 Å². The third-order valence-electron chi connectivity index (χ3n) is 1.94. The van der Waals surface area contributed by atoms with Crippen LogP contribution < -0.4 is 5.32 Å². The summed E-state index contributed by atoms with van der Waals surface area (Å²) in [4.78, 5) is 16.6. The Morgan fingerprint density at radius 1 is 1.53 bits per heavy atom. The van der Waals surface area contributed by atoms with Crippen molar-refractivity contribution in [3.05, 3.63) is 12.2 Å². The van der Waals surface area contributed by atoms with Crippen molar-refractivity contribution in [1.82, 2.24) is 20.4 Å². The molecule has 0 bridgehead atoms. The molecule has 15 heavy (non-hydrogen) atoms. The van der Waals surface area contributed by atoms with E-state index in [1.165, 1.54) is 6.33 Å². The molecule has 1 aromatic heterocycles. The molecule has 1 heterocycles. The molecule has 0 aliphatic heterocycles. The molecule has 0 fully saturated rings. The van der Waals surface area contributed by atoms with Crippen LogP contribution in [0.15, 0.2) is 10.9 Å². The molecule has 0 atom stereocenters. The normalized spacial score (nSPS) is 10.3. The lowest BCUT2D eigenvalue weighted by atomic mass is 10.3. The van der Waals surface area contributed by atoms with Gasteiger partial charge < -0.3 is 14.7 Å². The zero-order valence-electron chi connectivity index (χ0n) is 9.06. The van der Waals surface area contributed by atoms with Gasteiger partial charge in [0.1, 0.15) is 0 Å². The Bertz CT molecular complexity index is 284. The summed E-state index contributed by atoms with van der Waals surface area (Å²) in [6, 6.07) is 0. The molecule has 84 valence electrons. The molecule has 1 rings (SSSR count). The van der Waals surface area contributed by atoms with Gasteiger partial charge in [0.05, 0.1) is 0 Å². The number of aromatic nitrogens is 2. The van der Waals surface area contributed by atoms with Gasteiger partial charge in [0, 0.05) is 40.0 Å². The van der Waals surface area contributed by atoms with E-state index in [0.29, 0.717) is 25.3 Å². The lowest BCUT2D eigenvalue weighted by molar-refractivity contribution is -0.128. The summed E-state index contributed by atoms with van der Waals surface area (Å²) in [6.07, 6.45) is 2.58. The van der Waals surface area contributed by atoms with E-state index in [0.717, 1.165) is 6.54 Å². The van der Waals surface area contributed by atoms with E-state index in [1.54, 1.807) is 19.0 Å². The minimum Gasteiger partial charge on any atom is -0.349 e. The molecule has 6 heteroatoms. The maximum Gasteiger partial charge on any atom is 0.227 e. The Balaban J connectivity index is 2.00. The van der Waals surface area contributed by atoms with Crippen molar-refractivity contribution in [3.63, 3.8) is 0 Å². The van der Waals surface area contributed by atoms with E-state index in [2.05, 4.69) is 15.5 Å². The smallest absolute Gasteiger partial charge is 0.227 e. The van der Waals surface area contributed by atoms with Gasteiger partial charge >= 0.3 is 0 Å². The first-order chi connectivity index (χ1) is 7.20. The van der Waals surface area contributed by atoms with Gasteiger partial charge in [0.2, 0.25) is 11.8 Å². The van der Waals surface area contributed by atoms with E-state index in [1.807, 2.05) is 0 Å². The summed E-state index contributed by atoms with van der Waals surface area (Å²) in [5.74, 6) is 0.738. The van der Waals surface area contributed by atoms with Crippen LogP contribution in [0.5, 0.6) is 0 Å². The van der Waals surface area contributed by atoms with Gasteiger partial charge in [0.15, 0.2) is 6.33 Å². The monoisotopic (exact) mass is 212 g/mol. The molecule has 0 radical (unpaired) electrons. The first-order valence-electron chi connectivity index (χ1n) is 4.86. The predicted octanol–water partition coefficient (Wildman–Crippen LogP) is -0.320. The number of carbonyl (C=O) groups excluding carboxylic acids is 1. The number of carbonyl (C=O) groups is 1. The Morgan fingerprint density at radius 3 is 2.93 bits per heavy atom. The topological polar surface area (TPSA) is 71.3 Å². The number of rotatable bonds is 6. The van der Waals surface area contributed by atoms with Gasteiger partial charge in [-0.15, -0.1) is 0 Å². The van der Waals surface area contributed by atoms with Crippen molar-refractivity contribution >= 4 is 5.91 Å². The SMILES string of the molecule is CN(C)C(=O)CCNCCc1ncno1. The zero-order chi connectivity index (χ0) is 11.1. The van der Waals surface area contributed by atoms with Crippen molar-refractivity contribution in [2.75, 3.05) is 27.2 Å². The lowest BCUT2D eigenvalue weighted by Gasteiger charge is -2.09. The predicted molar refractivity (Wildman–Crippen MR) is 54.2 cm³/mol. The average molecular weight is 212 g/mol. The fraction of sp³-hybridized carbons (Fsp3) is 0.667. The van der Waals surface area contributed by atoms with Crippen LogP contribution in [0.4, 0.5) is 0 Å². The maximum absolute atomic E-state index is 11.2. The van der Waals surface area contributed by atoms with Crippen molar-refractivity contribution in [3.8, 4) is 0 Å². The van der Waals surface area contributed by atoms with Crippen LogP contribution in [0.1, 0.15) is 12.3 Å². The Morgan fingerprint density at radius 2 is 2.33 bits per heavy atom. The molecule has 1 N–H and O–H groups in total. The summed E-state index contributed by atoms with van der Waals surface area (Å²) in [5.41, 5.74) is 0. The first-order valence-corrected chi connectivity index (χ1v) is 4.86. The fourth-order valence-electron chi connectivity index (χ4n) is 1.05.